The summed E-state index contributed by atoms with van der Waals surface area (Å²) in [5, 5.41) is 2.44. The summed E-state index contributed by atoms with van der Waals surface area (Å²) in [6, 6.07) is 16.4. The maximum Gasteiger partial charge on any atom is 0.162 e. The molecule has 29 heavy (non-hydrogen) atoms. The van der Waals surface area contributed by atoms with Crippen LogP contribution in [0.15, 0.2) is 54.6 Å². The van der Waals surface area contributed by atoms with Crippen LogP contribution in [0.5, 0.6) is 0 Å². The van der Waals surface area contributed by atoms with Crippen molar-refractivity contribution in [1.29, 1.82) is 0 Å². The topological polar surface area (TPSA) is 36.4 Å². The molecule has 0 atom stereocenters. The molecular weight excluding hydrogens is 365 g/mol. The van der Waals surface area contributed by atoms with Gasteiger partial charge >= 0.3 is 0 Å². The molecule has 0 aliphatic carbocycles. The number of nitrogens with zero attached hydrogens (tertiary/aromatic N) is 3. The zero-order valence-corrected chi connectivity index (χ0v) is 16.8. The Morgan fingerprint density at radius 3 is 2.52 bits per heavy atom. The molecule has 0 N–H and O–H groups in total. The highest BCUT2D eigenvalue weighted by Gasteiger charge is 2.19. The number of anilines is 1. The second-order valence-corrected chi connectivity index (χ2v) is 7.65. The van der Waals surface area contributed by atoms with E-state index in [2.05, 4.69) is 47.1 Å². The Kier molecular flexibility index (Phi) is 5.86. The SMILES string of the molecule is Cc1nc(N2CCN(CCCC(=O)c3ccc(F)cc3)CC2)cc2ccccc12. The van der Waals surface area contributed by atoms with Gasteiger partial charge in [-0.1, -0.05) is 24.3 Å². The van der Waals surface area contributed by atoms with Crippen molar-refractivity contribution in [2.75, 3.05) is 37.6 Å². The number of aromatic nitrogens is 1. The number of Topliss-reactive ketones (excluding diaryl/α,β-unsaturated/α-hetero) is 1. The number of halogens is 1. The third kappa shape index (κ3) is 4.62. The van der Waals surface area contributed by atoms with Gasteiger partial charge in [-0.05, 0) is 55.6 Å². The van der Waals surface area contributed by atoms with E-state index in [1.807, 2.05) is 0 Å². The Hall–Kier alpha value is -2.79. The molecule has 5 heteroatoms. The number of fused-ring (bicyclic) bond motifs is 1. The van der Waals surface area contributed by atoms with Gasteiger partial charge in [0.05, 0.1) is 0 Å². The number of hydrogen-bond donors (Lipinski definition) is 0. The second-order valence-electron chi connectivity index (χ2n) is 7.65. The summed E-state index contributed by atoms with van der Waals surface area (Å²) in [5.41, 5.74) is 1.66. The van der Waals surface area contributed by atoms with Crippen molar-refractivity contribution in [3.8, 4) is 0 Å². The largest absolute Gasteiger partial charge is 0.354 e. The van der Waals surface area contributed by atoms with Crippen LogP contribution in [-0.2, 0) is 0 Å². The molecule has 0 bridgehead atoms. The lowest BCUT2D eigenvalue weighted by molar-refractivity contribution is 0.0974. The molecule has 150 valence electrons. The number of aryl methyl sites for hydroxylation is 1. The molecule has 0 amide bonds. The number of hydrogen-bond acceptors (Lipinski definition) is 4. The van der Waals surface area contributed by atoms with Crippen molar-refractivity contribution < 1.29 is 9.18 Å². The number of benzene rings is 2. The molecule has 4 nitrogen and oxygen atoms in total. The van der Waals surface area contributed by atoms with Gasteiger partial charge in [0.25, 0.3) is 0 Å². The zero-order valence-electron chi connectivity index (χ0n) is 16.8. The summed E-state index contributed by atoms with van der Waals surface area (Å²) >= 11 is 0. The molecule has 0 unspecified atom stereocenters. The fraction of sp³-hybridized carbons (Fsp3) is 0.333. The summed E-state index contributed by atoms with van der Waals surface area (Å²) < 4.78 is 13.0. The van der Waals surface area contributed by atoms with E-state index < -0.39 is 0 Å². The molecule has 0 spiro atoms. The summed E-state index contributed by atoms with van der Waals surface area (Å²) in [5.74, 6) is 0.822. The molecule has 1 aliphatic heterocycles. The number of piperazine rings is 1. The molecule has 2 heterocycles. The number of rotatable bonds is 6. The van der Waals surface area contributed by atoms with Crippen molar-refractivity contribution in [2.45, 2.75) is 19.8 Å². The molecule has 1 aromatic heterocycles. The van der Waals surface area contributed by atoms with Crippen molar-refractivity contribution >= 4 is 22.4 Å². The summed E-state index contributed by atoms with van der Waals surface area (Å²) in [6.07, 6.45) is 1.32. The fourth-order valence-corrected chi connectivity index (χ4v) is 3.96. The van der Waals surface area contributed by atoms with Crippen LogP contribution in [0.2, 0.25) is 0 Å². The van der Waals surface area contributed by atoms with Crippen molar-refractivity contribution in [1.82, 2.24) is 9.88 Å². The monoisotopic (exact) mass is 391 g/mol. The lowest BCUT2D eigenvalue weighted by atomic mass is 10.1. The van der Waals surface area contributed by atoms with Gasteiger partial charge in [-0.25, -0.2) is 9.37 Å². The normalized spacial score (nSPS) is 15.0. The average molecular weight is 391 g/mol. The van der Waals surface area contributed by atoms with E-state index in [0.29, 0.717) is 12.0 Å². The molecule has 1 saturated heterocycles. The van der Waals surface area contributed by atoms with Crippen molar-refractivity contribution in [2.24, 2.45) is 0 Å². The van der Waals surface area contributed by atoms with Gasteiger partial charge in [0.2, 0.25) is 0 Å². The van der Waals surface area contributed by atoms with Gasteiger partial charge in [0.1, 0.15) is 11.6 Å². The standard InChI is InChI=1S/C24H26FN3O/c1-18-22-6-3-2-5-20(22)17-24(26-18)28-15-13-27(14-16-28)12-4-7-23(29)19-8-10-21(25)11-9-19/h2-3,5-6,8-11,17H,4,7,12-16H2,1H3. The van der Waals surface area contributed by atoms with Crippen LogP contribution in [0.1, 0.15) is 28.9 Å². The predicted octanol–water partition coefficient (Wildman–Crippen LogP) is 4.47. The summed E-state index contributed by atoms with van der Waals surface area (Å²) in [6.45, 7) is 6.80. The number of ketones is 1. The molecule has 0 radical (unpaired) electrons. The molecule has 2 aromatic carbocycles. The second kappa shape index (κ2) is 8.70. The van der Waals surface area contributed by atoms with Crippen molar-refractivity contribution in [3.63, 3.8) is 0 Å². The first-order valence-electron chi connectivity index (χ1n) is 10.2. The highest BCUT2D eigenvalue weighted by Crippen LogP contribution is 2.23. The van der Waals surface area contributed by atoms with E-state index in [1.54, 1.807) is 12.1 Å². The summed E-state index contributed by atoms with van der Waals surface area (Å²) in [4.78, 5) is 21.8. The van der Waals surface area contributed by atoms with Crippen LogP contribution >= 0.6 is 0 Å². The first-order valence-corrected chi connectivity index (χ1v) is 10.2. The molecule has 3 aromatic rings. The third-order valence-corrected chi connectivity index (χ3v) is 5.66. The minimum atomic E-state index is -0.310. The smallest absolute Gasteiger partial charge is 0.162 e. The predicted molar refractivity (Wildman–Crippen MR) is 115 cm³/mol. The van der Waals surface area contributed by atoms with Gasteiger partial charge in [0, 0.05) is 49.2 Å². The highest BCUT2D eigenvalue weighted by molar-refractivity contribution is 5.96. The molecule has 0 saturated carbocycles. The molecular formula is C24H26FN3O. The average Bonchev–Trinajstić information content (AvgIpc) is 2.74. The maximum atomic E-state index is 13.0. The van der Waals surface area contributed by atoms with E-state index >= 15 is 0 Å². The molecule has 1 fully saturated rings. The Morgan fingerprint density at radius 1 is 1.03 bits per heavy atom. The van der Waals surface area contributed by atoms with Crippen LogP contribution in [0.25, 0.3) is 10.8 Å². The molecule has 4 rings (SSSR count). The Balaban J connectivity index is 1.27. The van der Waals surface area contributed by atoms with E-state index in [0.717, 1.165) is 50.7 Å². The van der Waals surface area contributed by atoms with E-state index in [-0.39, 0.29) is 11.6 Å². The minimum Gasteiger partial charge on any atom is -0.354 e. The maximum absolute atomic E-state index is 13.0. The lowest BCUT2D eigenvalue weighted by Gasteiger charge is -2.35. The summed E-state index contributed by atoms with van der Waals surface area (Å²) in [7, 11) is 0. The van der Waals surface area contributed by atoms with E-state index in [4.69, 9.17) is 4.98 Å². The van der Waals surface area contributed by atoms with Crippen LogP contribution < -0.4 is 4.90 Å². The number of carbonyl (C=O) groups is 1. The lowest BCUT2D eigenvalue weighted by Crippen LogP contribution is -2.47. The van der Waals surface area contributed by atoms with Gasteiger partial charge in [-0.3, -0.25) is 9.69 Å². The first kappa shape index (κ1) is 19.5. The fourth-order valence-electron chi connectivity index (χ4n) is 3.96. The van der Waals surface area contributed by atoms with Crippen LogP contribution in [-0.4, -0.2) is 48.4 Å². The van der Waals surface area contributed by atoms with Gasteiger partial charge < -0.3 is 4.90 Å². The Bertz CT molecular complexity index is 995. The number of pyridine rings is 1. The van der Waals surface area contributed by atoms with Gasteiger partial charge in [0.15, 0.2) is 5.78 Å². The van der Waals surface area contributed by atoms with E-state index in [9.17, 15) is 9.18 Å². The zero-order chi connectivity index (χ0) is 20.2. The van der Waals surface area contributed by atoms with Crippen LogP contribution in [0.3, 0.4) is 0 Å². The third-order valence-electron chi connectivity index (χ3n) is 5.66. The quantitative estimate of drug-likeness (QED) is 0.581. The Morgan fingerprint density at radius 2 is 1.76 bits per heavy atom. The van der Waals surface area contributed by atoms with Crippen molar-refractivity contribution in [3.05, 3.63) is 71.7 Å². The number of carbonyl (C=O) groups excluding carboxylic acids is 1. The molecule has 1 aliphatic rings. The van der Waals surface area contributed by atoms with Crippen LogP contribution in [0, 0.1) is 12.7 Å². The van der Waals surface area contributed by atoms with Gasteiger partial charge in [-0.15, -0.1) is 0 Å². The minimum absolute atomic E-state index is 0.0828. The Labute approximate surface area is 171 Å². The van der Waals surface area contributed by atoms with Crippen LogP contribution in [0.4, 0.5) is 10.2 Å². The first-order chi connectivity index (χ1) is 14.1. The highest BCUT2D eigenvalue weighted by atomic mass is 19.1. The van der Waals surface area contributed by atoms with E-state index in [1.165, 1.54) is 22.9 Å². The van der Waals surface area contributed by atoms with Gasteiger partial charge in [-0.2, -0.15) is 0 Å².